The van der Waals surface area contributed by atoms with Gasteiger partial charge in [-0.2, -0.15) is 13.2 Å². The number of alkyl halides is 3. The lowest BCUT2D eigenvalue weighted by Gasteiger charge is -2.06. The Morgan fingerprint density at radius 3 is 2.76 bits per heavy atom. The van der Waals surface area contributed by atoms with Crippen molar-refractivity contribution in [3.8, 4) is 11.8 Å². The van der Waals surface area contributed by atoms with Crippen LogP contribution in [0.3, 0.4) is 0 Å². The average molecular weight is 320 g/mol. The molecule has 1 nitrogen and oxygen atoms in total. The Morgan fingerprint density at radius 2 is 2.18 bits per heavy atom. The van der Waals surface area contributed by atoms with Crippen molar-refractivity contribution in [2.45, 2.75) is 12.6 Å². The molecule has 0 saturated heterocycles. The van der Waals surface area contributed by atoms with Gasteiger partial charge in [0.15, 0.2) is 3.92 Å². The van der Waals surface area contributed by atoms with E-state index in [0.29, 0.717) is 15.2 Å². The predicted octanol–water partition coefficient (Wildman–Crippen LogP) is 4.18. The number of halogens is 4. The molecule has 1 aliphatic carbocycles. The van der Waals surface area contributed by atoms with Crippen LogP contribution in [0.2, 0.25) is 0 Å². The fraction of sp³-hybridized carbons (Fsp3) is 0.182. The van der Waals surface area contributed by atoms with Gasteiger partial charge < -0.3 is 0 Å². The van der Waals surface area contributed by atoms with Crippen molar-refractivity contribution in [1.82, 2.24) is 4.98 Å². The number of aromatic nitrogens is 1. The number of allylic oxidation sites excluding steroid dienone is 4. The Kier molecular flexibility index (Phi) is 3.40. The highest BCUT2D eigenvalue weighted by molar-refractivity contribution is 9.11. The monoisotopic (exact) mass is 319 g/mol. The third-order valence-corrected chi connectivity index (χ3v) is 3.39. The van der Waals surface area contributed by atoms with E-state index in [2.05, 4.69) is 32.8 Å². The van der Waals surface area contributed by atoms with Gasteiger partial charge in [-0.1, -0.05) is 17.9 Å². The van der Waals surface area contributed by atoms with E-state index in [4.69, 9.17) is 0 Å². The molecular weight excluding hydrogens is 315 g/mol. The van der Waals surface area contributed by atoms with Crippen LogP contribution in [-0.4, -0.2) is 11.2 Å². The van der Waals surface area contributed by atoms with Crippen LogP contribution >= 0.6 is 27.3 Å². The highest BCUT2D eigenvalue weighted by atomic mass is 79.9. The largest absolute Gasteiger partial charge is 0.416 e. The summed E-state index contributed by atoms with van der Waals surface area (Å²) in [6.45, 7) is 0. The first-order chi connectivity index (χ1) is 7.97. The molecule has 0 bridgehead atoms. The summed E-state index contributed by atoms with van der Waals surface area (Å²) in [4.78, 5) is 4.06. The van der Waals surface area contributed by atoms with Gasteiger partial charge in [0, 0.05) is 11.8 Å². The van der Waals surface area contributed by atoms with Crippen molar-refractivity contribution in [3.63, 3.8) is 0 Å². The van der Waals surface area contributed by atoms with E-state index < -0.39 is 11.7 Å². The van der Waals surface area contributed by atoms with Crippen molar-refractivity contribution >= 4 is 32.8 Å². The summed E-state index contributed by atoms with van der Waals surface area (Å²) in [7, 11) is 0. The van der Waals surface area contributed by atoms with Crippen LogP contribution < -0.4 is 0 Å². The Balaban J connectivity index is 2.42. The minimum atomic E-state index is -4.35. The number of rotatable bonds is 1. The van der Waals surface area contributed by atoms with Crippen LogP contribution in [0, 0.1) is 11.8 Å². The summed E-state index contributed by atoms with van der Waals surface area (Å²) in [5.74, 6) is 5.36. The standard InChI is InChI=1S/C11H5BrF3NS/c12-10-16-9(6-17-10)7-3-1-2-4-8(5-7)11(13,14)15/h4-6H,2H2. The summed E-state index contributed by atoms with van der Waals surface area (Å²) >= 11 is 4.48. The molecule has 1 aromatic rings. The zero-order valence-electron chi connectivity index (χ0n) is 8.31. The fourth-order valence-corrected chi connectivity index (χ4v) is 2.28. The third-order valence-electron chi connectivity index (χ3n) is 2.03. The normalized spacial score (nSPS) is 15.5. The second kappa shape index (κ2) is 4.67. The minimum Gasteiger partial charge on any atom is -0.228 e. The maximum atomic E-state index is 12.6. The molecule has 1 aliphatic rings. The zero-order valence-corrected chi connectivity index (χ0v) is 10.7. The van der Waals surface area contributed by atoms with Crippen LogP contribution in [0.1, 0.15) is 12.1 Å². The van der Waals surface area contributed by atoms with Gasteiger partial charge in [0.1, 0.15) is 0 Å². The molecule has 2 rings (SSSR count). The maximum absolute atomic E-state index is 12.6. The maximum Gasteiger partial charge on any atom is 0.416 e. The first-order valence-corrected chi connectivity index (χ1v) is 6.23. The zero-order chi connectivity index (χ0) is 12.5. The van der Waals surface area contributed by atoms with Gasteiger partial charge in [0.05, 0.1) is 16.8 Å². The van der Waals surface area contributed by atoms with Crippen molar-refractivity contribution in [2.75, 3.05) is 0 Å². The molecule has 0 saturated carbocycles. The summed E-state index contributed by atoms with van der Waals surface area (Å²) in [5.41, 5.74) is 0.0774. The fourth-order valence-electron chi connectivity index (χ4n) is 1.27. The number of hydrogen-bond donors (Lipinski definition) is 0. The molecule has 0 unspecified atom stereocenters. The molecule has 0 aliphatic heterocycles. The Hall–Kier alpha value is -1.06. The van der Waals surface area contributed by atoms with Crippen LogP contribution in [0.15, 0.2) is 27.0 Å². The highest BCUT2D eigenvalue weighted by Gasteiger charge is 2.32. The van der Waals surface area contributed by atoms with Gasteiger partial charge >= 0.3 is 6.18 Å². The summed E-state index contributed by atoms with van der Waals surface area (Å²) in [6.07, 6.45) is -2.13. The van der Waals surface area contributed by atoms with Gasteiger partial charge in [-0.3, -0.25) is 0 Å². The third kappa shape index (κ3) is 2.99. The molecule has 0 spiro atoms. The van der Waals surface area contributed by atoms with E-state index in [-0.39, 0.29) is 6.42 Å². The van der Waals surface area contributed by atoms with E-state index in [9.17, 15) is 13.2 Å². The summed E-state index contributed by atoms with van der Waals surface area (Å²) < 4.78 is 38.5. The lowest BCUT2D eigenvalue weighted by atomic mass is 10.1. The molecule has 0 amide bonds. The lowest BCUT2D eigenvalue weighted by Crippen LogP contribution is -2.10. The molecular formula is C11H5BrF3NS. The number of hydrogen-bond acceptors (Lipinski definition) is 2. The molecule has 1 aromatic heterocycles. The van der Waals surface area contributed by atoms with Crippen molar-refractivity contribution in [3.05, 3.63) is 32.7 Å². The van der Waals surface area contributed by atoms with Crippen LogP contribution in [-0.2, 0) is 0 Å². The quantitative estimate of drug-likeness (QED) is 0.707. The smallest absolute Gasteiger partial charge is 0.228 e. The van der Waals surface area contributed by atoms with Crippen molar-refractivity contribution in [1.29, 1.82) is 0 Å². The molecule has 0 aromatic carbocycles. The first kappa shape index (κ1) is 12.4. The Labute approximate surface area is 108 Å². The molecule has 0 atom stereocenters. The van der Waals surface area contributed by atoms with Crippen LogP contribution in [0.5, 0.6) is 0 Å². The molecule has 0 N–H and O–H groups in total. The highest BCUT2D eigenvalue weighted by Crippen LogP contribution is 2.31. The Morgan fingerprint density at radius 1 is 1.41 bits per heavy atom. The molecule has 17 heavy (non-hydrogen) atoms. The van der Waals surface area contributed by atoms with Gasteiger partial charge in [0.25, 0.3) is 0 Å². The molecule has 1 heterocycles. The lowest BCUT2D eigenvalue weighted by molar-refractivity contribution is -0.0883. The van der Waals surface area contributed by atoms with Gasteiger partial charge in [-0.25, -0.2) is 4.98 Å². The van der Waals surface area contributed by atoms with Crippen molar-refractivity contribution < 1.29 is 13.2 Å². The van der Waals surface area contributed by atoms with Gasteiger partial charge in [-0.15, -0.1) is 11.3 Å². The van der Waals surface area contributed by atoms with E-state index in [1.54, 1.807) is 5.38 Å². The topological polar surface area (TPSA) is 12.9 Å². The van der Waals surface area contributed by atoms with Crippen molar-refractivity contribution in [2.24, 2.45) is 0 Å². The van der Waals surface area contributed by atoms with E-state index >= 15 is 0 Å². The Bertz CT molecular complexity index is 557. The predicted molar refractivity (Wildman–Crippen MR) is 64.3 cm³/mol. The number of thiazole rings is 1. The molecule has 88 valence electrons. The van der Waals surface area contributed by atoms with Crippen LogP contribution in [0.25, 0.3) is 5.57 Å². The van der Waals surface area contributed by atoms with Gasteiger partial charge in [0.2, 0.25) is 0 Å². The second-order valence-electron chi connectivity index (χ2n) is 3.21. The van der Waals surface area contributed by atoms with E-state index in [0.717, 1.165) is 12.2 Å². The van der Waals surface area contributed by atoms with E-state index in [1.165, 1.54) is 11.3 Å². The number of nitrogens with zero attached hydrogens (tertiary/aromatic N) is 1. The summed E-state index contributed by atoms with van der Waals surface area (Å²) in [6, 6.07) is 0. The second-order valence-corrected chi connectivity index (χ2v) is 5.34. The first-order valence-electron chi connectivity index (χ1n) is 4.56. The van der Waals surface area contributed by atoms with E-state index in [1.807, 2.05) is 0 Å². The molecule has 0 radical (unpaired) electrons. The van der Waals surface area contributed by atoms with Gasteiger partial charge in [-0.05, 0) is 22.0 Å². The molecule has 0 fully saturated rings. The SMILES string of the molecule is FC(F)(F)C1=CCC#CC(c2csc(Br)n2)=C1. The minimum absolute atomic E-state index is 0.0974. The summed E-state index contributed by atoms with van der Waals surface area (Å²) in [5, 5.41) is 1.67. The molecule has 6 heteroatoms. The average Bonchev–Trinajstić information content (AvgIpc) is 2.53. The van der Waals surface area contributed by atoms with Crippen LogP contribution in [0.4, 0.5) is 13.2 Å².